The normalized spacial score (nSPS) is 11.6. The molecule has 12 heteroatoms. The van der Waals surface area contributed by atoms with Crippen molar-refractivity contribution in [2.75, 3.05) is 13.7 Å². The average molecular weight is 529 g/mol. The van der Waals surface area contributed by atoms with Gasteiger partial charge in [0.2, 0.25) is 0 Å². The van der Waals surface area contributed by atoms with Gasteiger partial charge in [0.25, 0.3) is 23.3 Å². The van der Waals surface area contributed by atoms with E-state index >= 15 is 0 Å². The van der Waals surface area contributed by atoms with E-state index in [4.69, 9.17) is 15.2 Å². The summed E-state index contributed by atoms with van der Waals surface area (Å²) in [7, 11) is 1.43. The van der Waals surface area contributed by atoms with Crippen molar-refractivity contribution in [1.82, 2.24) is 20.9 Å². The maximum absolute atomic E-state index is 13.3. The molecule has 0 aliphatic carbocycles. The second-order valence-corrected chi connectivity index (χ2v) is 8.16. The van der Waals surface area contributed by atoms with Gasteiger partial charge in [0, 0.05) is 10.9 Å². The molecular formula is C27H24N6O6. The van der Waals surface area contributed by atoms with Crippen LogP contribution < -0.4 is 31.5 Å². The largest absolute Gasteiger partial charge is 0.493 e. The number of nitrogens with one attached hydrogen (secondary N) is 3. The molecule has 3 aromatic carbocycles. The summed E-state index contributed by atoms with van der Waals surface area (Å²) in [5.41, 5.74) is 8.09. The van der Waals surface area contributed by atoms with E-state index in [9.17, 15) is 19.2 Å². The predicted molar refractivity (Wildman–Crippen MR) is 142 cm³/mol. The maximum Gasteiger partial charge on any atom is 0.272 e. The Balaban J connectivity index is 1.60. The Hall–Kier alpha value is -5.52. The van der Waals surface area contributed by atoms with E-state index in [1.165, 1.54) is 13.3 Å². The van der Waals surface area contributed by atoms with Crippen LogP contribution >= 0.6 is 0 Å². The lowest BCUT2D eigenvalue weighted by Gasteiger charge is -2.18. The van der Waals surface area contributed by atoms with Crippen LogP contribution in [-0.4, -0.2) is 47.9 Å². The molecule has 0 saturated heterocycles. The Bertz CT molecular complexity index is 1600. The standard InChI is InChI=1S/C27H24N6O6/c1-38-21-13-16(11-12-20(21)39-15-22(28)34)14-29-32-27(37)24(30-25(35)17-7-3-2-4-8-17)23-18-9-5-6-10-19(18)26(36)33-31-23/h2-14,24H,15H2,1H3,(H2,28,34)(H,30,35)(H,32,37)(H,33,36)/b29-14-/t24-/m0/s1. The van der Waals surface area contributed by atoms with Gasteiger partial charge in [-0.3, -0.25) is 19.2 Å². The van der Waals surface area contributed by atoms with Gasteiger partial charge in [-0.25, -0.2) is 10.5 Å². The number of amides is 3. The zero-order valence-electron chi connectivity index (χ0n) is 20.7. The molecule has 0 aliphatic heterocycles. The third kappa shape index (κ3) is 6.43. The van der Waals surface area contributed by atoms with Gasteiger partial charge >= 0.3 is 0 Å². The molecule has 12 nitrogen and oxygen atoms in total. The third-order valence-corrected chi connectivity index (χ3v) is 5.52. The minimum atomic E-state index is -1.30. The number of ether oxygens (including phenoxy) is 2. The molecule has 0 spiro atoms. The van der Waals surface area contributed by atoms with Crippen molar-refractivity contribution in [2.45, 2.75) is 6.04 Å². The lowest BCUT2D eigenvalue weighted by molar-refractivity contribution is -0.123. The summed E-state index contributed by atoms with van der Waals surface area (Å²) in [6, 6.07) is 18.4. The molecule has 3 amide bonds. The fourth-order valence-electron chi connectivity index (χ4n) is 3.69. The first-order valence-electron chi connectivity index (χ1n) is 11.6. The van der Waals surface area contributed by atoms with Gasteiger partial charge in [0.1, 0.15) is 5.69 Å². The Kier molecular flexibility index (Phi) is 8.27. The molecular weight excluding hydrogens is 504 g/mol. The summed E-state index contributed by atoms with van der Waals surface area (Å²) in [5, 5.41) is 13.8. The van der Waals surface area contributed by atoms with Crippen molar-refractivity contribution in [3.63, 3.8) is 0 Å². The molecule has 5 N–H and O–H groups in total. The van der Waals surface area contributed by atoms with Crippen LogP contribution in [0.5, 0.6) is 11.5 Å². The molecule has 198 valence electrons. The number of hydrazone groups is 1. The number of carbonyl (C=O) groups excluding carboxylic acids is 3. The van der Waals surface area contributed by atoms with Crippen LogP contribution in [0.25, 0.3) is 10.8 Å². The Labute approximate surface area is 221 Å². The first-order valence-corrected chi connectivity index (χ1v) is 11.6. The zero-order valence-corrected chi connectivity index (χ0v) is 20.7. The SMILES string of the molecule is COc1cc(/C=N\NC(=O)[C@@H](NC(=O)c2ccccc2)c2n[nH]c(=O)c3ccccc23)ccc1OCC(N)=O. The summed E-state index contributed by atoms with van der Waals surface area (Å²) in [6.45, 7) is -0.316. The molecule has 1 aromatic heterocycles. The van der Waals surface area contributed by atoms with Crippen molar-refractivity contribution < 1.29 is 23.9 Å². The van der Waals surface area contributed by atoms with E-state index in [1.807, 2.05) is 0 Å². The fraction of sp³-hybridized carbons (Fsp3) is 0.111. The van der Waals surface area contributed by atoms with Gasteiger partial charge in [-0.05, 0) is 42.0 Å². The van der Waals surface area contributed by atoms with Crippen molar-refractivity contribution in [3.05, 3.63) is 100.0 Å². The third-order valence-electron chi connectivity index (χ3n) is 5.52. The molecule has 0 bridgehead atoms. The highest BCUT2D eigenvalue weighted by Crippen LogP contribution is 2.27. The molecule has 1 atom stereocenters. The molecule has 0 saturated carbocycles. The topological polar surface area (TPSA) is 178 Å². The van der Waals surface area contributed by atoms with E-state index < -0.39 is 29.3 Å². The predicted octanol–water partition coefficient (Wildman–Crippen LogP) is 1.42. The van der Waals surface area contributed by atoms with Crippen LogP contribution in [0.3, 0.4) is 0 Å². The molecule has 0 unspecified atom stereocenters. The van der Waals surface area contributed by atoms with Crippen LogP contribution in [0.2, 0.25) is 0 Å². The van der Waals surface area contributed by atoms with Gasteiger partial charge in [-0.1, -0.05) is 36.4 Å². The first-order chi connectivity index (χ1) is 18.9. The number of aromatic nitrogens is 2. The second kappa shape index (κ2) is 12.1. The van der Waals surface area contributed by atoms with Crippen molar-refractivity contribution in [3.8, 4) is 11.5 Å². The van der Waals surface area contributed by atoms with Gasteiger partial charge in [0.05, 0.1) is 18.7 Å². The lowest BCUT2D eigenvalue weighted by Crippen LogP contribution is -2.40. The molecule has 4 aromatic rings. The number of rotatable bonds is 10. The molecule has 0 aliphatic rings. The number of H-pyrrole nitrogens is 1. The molecule has 0 radical (unpaired) electrons. The van der Waals surface area contributed by atoms with E-state index in [0.717, 1.165) is 0 Å². The number of carbonyl (C=O) groups is 3. The van der Waals surface area contributed by atoms with Gasteiger partial charge in [-0.2, -0.15) is 10.2 Å². The number of nitrogens with zero attached hydrogens (tertiary/aromatic N) is 2. The fourth-order valence-corrected chi connectivity index (χ4v) is 3.69. The number of aromatic amines is 1. The number of nitrogens with two attached hydrogens (primary N) is 1. The maximum atomic E-state index is 13.3. The molecule has 4 rings (SSSR count). The van der Waals surface area contributed by atoms with Crippen LogP contribution in [0.15, 0.2) is 82.7 Å². The zero-order chi connectivity index (χ0) is 27.8. The number of hydrogen-bond donors (Lipinski definition) is 4. The average Bonchev–Trinajstić information content (AvgIpc) is 2.96. The highest BCUT2D eigenvalue weighted by molar-refractivity contribution is 5.99. The Morgan fingerprint density at radius 1 is 1.03 bits per heavy atom. The highest BCUT2D eigenvalue weighted by Gasteiger charge is 2.27. The van der Waals surface area contributed by atoms with Gasteiger partial charge < -0.3 is 20.5 Å². The summed E-state index contributed by atoms with van der Waals surface area (Å²) in [5.74, 6) is -1.23. The highest BCUT2D eigenvalue weighted by atomic mass is 16.5. The number of methoxy groups -OCH3 is 1. The molecule has 39 heavy (non-hydrogen) atoms. The monoisotopic (exact) mass is 528 g/mol. The second-order valence-electron chi connectivity index (χ2n) is 8.16. The van der Waals surface area contributed by atoms with Crippen molar-refractivity contribution >= 4 is 34.7 Å². The number of fused-ring (bicyclic) bond motifs is 1. The Morgan fingerprint density at radius 3 is 2.46 bits per heavy atom. The quantitative estimate of drug-likeness (QED) is 0.178. The summed E-state index contributed by atoms with van der Waals surface area (Å²) in [4.78, 5) is 49.5. The smallest absolute Gasteiger partial charge is 0.272 e. The summed E-state index contributed by atoms with van der Waals surface area (Å²) < 4.78 is 10.6. The number of hydrogen-bond acceptors (Lipinski definition) is 8. The summed E-state index contributed by atoms with van der Waals surface area (Å²) >= 11 is 0. The Morgan fingerprint density at radius 2 is 1.74 bits per heavy atom. The summed E-state index contributed by atoms with van der Waals surface area (Å²) in [6.07, 6.45) is 1.35. The van der Waals surface area contributed by atoms with Crippen LogP contribution in [0.1, 0.15) is 27.7 Å². The van der Waals surface area contributed by atoms with E-state index in [-0.39, 0.29) is 12.3 Å². The van der Waals surface area contributed by atoms with Gasteiger partial charge in [-0.15, -0.1) is 0 Å². The first kappa shape index (κ1) is 26.5. The van der Waals surface area contributed by atoms with E-state index in [1.54, 1.807) is 72.8 Å². The molecule has 1 heterocycles. The van der Waals surface area contributed by atoms with Crippen LogP contribution in [0, 0.1) is 0 Å². The minimum absolute atomic E-state index is 0.139. The van der Waals surface area contributed by atoms with Crippen molar-refractivity contribution in [1.29, 1.82) is 0 Å². The van der Waals surface area contributed by atoms with Crippen LogP contribution in [-0.2, 0) is 9.59 Å². The van der Waals surface area contributed by atoms with E-state index in [2.05, 4.69) is 26.0 Å². The number of primary amides is 1. The van der Waals surface area contributed by atoms with Gasteiger partial charge in [0.15, 0.2) is 24.1 Å². The van der Waals surface area contributed by atoms with E-state index in [0.29, 0.717) is 33.4 Å². The minimum Gasteiger partial charge on any atom is -0.493 e. The molecule has 0 fully saturated rings. The number of benzene rings is 3. The lowest BCUT2D eigenvalue weighted by atomic mass is 10.0. The van der Waals surface area contributed by atoms with Crippen LogP contribution in [0.4, 0.5) is 0 Å². The van der Waals surface area contributed by atoms with Crippen molar-refractivity contribution in [2.24, 2.45) is 10.8 Å².